The van der Waals surface area contributed by atoms with Gasteiger partial charge in [-0.2, -0.15) is 0 Å². The highest BCUT2D eigenvalue weighted by atomic mass is 32.1. The summed E-state index contributed by atoms with van der Waals surface area (Å²) in [6, 6.07) is 17.7. The Morgan fingerprint density at radius 1 is 1.10 bits per heavy atom. The summed E-state index contributed by atoms with van der Waals surface area (Å²) < 4.78 is 12.8. The number of anilines is 1. The number of amides is 1. The molecule has 0 fully saturated rings. The molecular weight excluding hydrogens is 402 g/mol. The van der Waals surface area contributed by atoms with Crippen molar-refractivity contribution in [2.75, 3.05) is 11.9 Å². The van der Waals surface area contributed by atoms with Crippen molar-refractivity contribution in [3.63, 3.8) is 0 Å². The van der Waals surface area contributed by atoms with Crippen molar-refractivity contribution in [2.24, 2.45) is 0 Å². The van der Waals surface area contributed by atoms with Gasteiger partial charge in [-0.25, -0.2) is 4.98 Å². The Labute approximate surface area is 176 Å². The maximum Gasteiger partial charge on any atom is 0.262 e. The van der Waals surface area contributed by atoms with E-state index in [0.717, 1.165) is 4.88 Å². The van der Waals surface area contributed by atoms with Crippen LogP contribution in [0.3, 0.4) is 0 Å². The molecule has 7 nitrogen and oxygen atoms in total. The number of nitrogens with zero attached hydrogens (tertiary/aromatic N) is 2. The fraction of sp³-hybridized carbons (Fsp3) is 0.136. The van der Waals surface area contributed by atoms with Crippen LogP contribution in [0.1, 0.15) is 10.6 Å². The summed E-state index contributed by atoms with van der Waals surface area (Å²) >= 11 is 1.44. The predicted molar refractivity (Wildman–Crippen MR) is 115 cm³/mol. The van der Waals surface area contributed by atoms with Gasteiger partial charge >= 0.3 is 0 Å². The minimum atomic E-state index is -0.304. The Bertz CT molecular complexity index is 1230. The molecular formula is C22H19N3O4S. The molecule has 1 amide bonds. The van der Waals surface area contributed by atoms with E-state index in [-0.39, 0.29) is 24.7 Å². The van der Waals surface area contributed by atoms with E-state index in [2.05, 4.69) is 10.3 Å². The Morgan fingerprint density at radius 3 is 2.70 bits per heavy atom. The van der Waals surface area contributed by atoms with Gasteiger partial charge in [-0.1, -0.05) is 30.3 Å². The summed E-state index contributed by atoms with van der Waals surface area (Å²) in [5, 5.41) is 2.79. The summed E-state index contributed by atoms with van der Waals surface area (Å²) in [4.78, 5) is 30.6. The Kier molecular flexibility index (Phi) is 5.76. The standard InChI is InChI=1S/C22H19N3O4S/c1-15-12-25-21(27)11-16(23-22(25)30-15)13-29-19-10-6-5-9-18(19)24-20(26)14-28-17-7-3-2-4-8-17/h2-12H,13-14H2,1H3,(H,24,26). The summed E-state index contributed by atoms with van der Waals surface area (Å²) in [6.07, 6.45) is 1.77. The lowest BCUT2D eigenvalue weighted by atomic mass is 10.3. The van der Waals surface area contributed by atoms with Gasteiger partial charge in [0.2, 0.25) is 0 Å². The molecule has 0 saturated carbocycles. The quantitative estimate of drug-likeness (QED) is 0.492. The number of aromatic nitrogens is 2. The lowest BCUT2D eigenvalue weighted by Gasteiger charge is -2.12. The first-order valence-electron chi connectivity index (χ1n) is 9.27. The maximum absolute atomic E-state index is 12.3. The van der Waals surface area contributed by atoms with E-state index < -0.39 is 0 Å². The van der Waals surface area contributed by atoms with Crippen LogP contribution in [0.15, 0.2) is 71.7 Å². The molecule has 0 bridgehead atoms. The van der Waals surface area contributed by atoms with Gasteiger partial charge in [-0.3, -0.25) is 14.0 Å². The monoisotopic (exact) mass is 421 g/mol. The molecule has 0 aliphatic carbocycles. The van der Waals surface area contributed by atoms with Crippen LogP contribution < -0.4 is 20.3 Å². The summed E-state index contributed by atoms with van der Waals surface area (Å²) in [5.74, 6) is 0.797. The van der Waals surface area contributed by atoms with Gasteiger partial charge in [0.15, 0.2) is 11.6 Å². The number of hydrogen-bond donors (Lipinski definition) is 1. The van der Waals surface area contributed by atoms with Gasteiger partial charge < -0.3 is 14.8 Å². The normalized spacial score (nSPS) is 10.7. The third kappa shape index (κ3) is 4.66. The molecule has 8 heteroatoms. The number of ether oxygens (including phenoxy) is 2. The minimum absolute atomic E-state index is 0.107. The minimum Gasteiger partial charge on any atom is -0.485 e. The zero-order chi connectivity index (χ0) is 20.9. The molecule has 0 spiro atoms. The average Bonchev–Trinajstić information content (AvgIpc) is 3.13. The van der Waals surface area contributed by atoms with E-state index in [4.69, 9.17) is 9.47 Å². The topological polar surface area (TPSA) is 81.9 Å². The number of benzene rings is 2. The van der Waals surface area contributed by atoms with Crippen LogP contribution in [-0.4, -0.2) is 21.9 Å². The second-order valence-corrected chi connectivity index (χ2v) is 7.73. The van der Waals surface area contributed by atoms with Gasteiger partial charge in [-0.05, 0) is 31.2 Å². The van der Waals surface area contributed by atoms with Crippen molar-refractivity contribution in [1.82, 2.24) is 9.38 Å². The number of para-hydroxylation sites is 3. The molecule has 0 saturated heterocycles. The molecule has 0 aliphatic heterocycles. The number of carbonyl (C=O) groups is 1. The third-order valence-corrected chi connectivity index (χ3v) is 5.08. The Balaban J connectivity index is 1.42. The lowest BCUT2D eigenvalue weighted by molar-refractivity contribution is -0.118. The van der Waals surface area contributed by atoms with Crippen LogP contribution in [0, 0.1) is 6.92 Å². The number of nitrogens with one attached hydrogen (secondary N) is 1. The van der Waals surface area contributed by atoms with E-state index in [1.165, 1.54) is 21.8 Å². The molecule has 152 valence electrons. The largest absolute Gasteiger partial charge is 0.485 e. The third-order valence-electron chi connectivity index (χ3n) is 4.19. The van der Waals surface area contributed by atoms with Gasteiger partial charge in [0.1, 0.15) is 18.1 Å². The molecule has 2 aromatic heterocycles. The molecule has 1 N–H and O–H groups in total. The zero-order valence-corrected chi connectivity index (χ0v) is 17.0. The first kappa shape index (κ1) is 19.7. The molecule has 30 heavy (non-hydrogen) atoms. The number of fused-ring (bicyclic) bond motifs is 1. The van der Waals surface area contributed by atoms with Gasteiger partial charge in [-0.15, -0.1) is 11.3 Å². The first-order chi connectivity index (χ1) is 14.6. The highest BCUT2D eigenvalue weighted by molar-refractivity contribution is 7.16. The van der Waals surface area contributed by atoms with Crippen LogP contribution in [0.25, 0.3) is 4.96 Å². The second kappa shape index (κ2) is 8.79. The number of rotatable bonds is 7. The number of thiazole rings is 1. The summed E-state index contributed by atoms with van der Waals surface area (Å²) in [6.45, 7) is 1.91. The van der Waals surface area contributed by atoms with Crippen LogP contribution in [0.4, 0.5) is 5.69 Å². The Hall–Kier alpha value is -3.65. The molecule has 0 unspecified atom stereocenters. The second-order valence-electron chi connectivity index (χ2n) is 6.51. The van der Waals surface area contributed by atoms with E-state index in [1.54, 1.807) is 42.6 Å². The number of aryl methyl sites for hydroxylation is 1. The number of carbonyl (C=O) groups excluding carboxylic acids is 1. The molecule has 0 atom stereocenters. The van der Waals surface area contributed by atoms with E-state index in [1.807, 2.05) is 25.1 Å². The van der Waals surface area contributed by atoms with Crippen LogP contribution >= 0.6 is 11.3 Å². The van der Waals surface area contributed by atoms with Gasteiger partial charge in [0.25, 0.3) is 11.5 Å². The maximum atomic E-state index is 12.3. The molecule has 0 aliphatic rings. The summed E-state index contributed by atoms with van der Waals surface area (Å²) in [7, 11) is 0. The van der Waals surface area contributed by atoms with Gasteiger partial charge in [0.05, 0.1) is 11.4 Å². The van der Waals surface area contributed by atoms with Crippen LogP contribution in [-0.2, 0) is 11.4 Å². The van der Waals surface area contributed by atoms with Crippen molar-refractivity contribution in [2.45, 2.75) is 13.5 Å². The molecule has 2 aromatic carbocycles. The van der Waals surface area contributed by atoms with Crippen molar-refractivity contribution in [3.05, 3.63) is 87.8 Å². The smallest absolute Gasteiger partial charge is 0.262 e. The SMILES string of the molecule is Cc1cn2c(=O)cc(COc3ccccc3NC(=O)COc3ccccc3)nc2s1. The fourth-order valence-electron chi connectivity index (χ4n) is 2.83. The van der Waals surface area contributed by atoms with E-state index in [0.29, 0.717) is 27.8 Å². The van der Waals surface area contributed by atoms with E-state index in [9.17, 15) is 9.59 Å². The van der Waals surface area contributed by atoms with Crippen LogP contribution in [0.5, 0.6) is 11.5 Å². The summed E-state index contributed by atoms with van der Waals surface area (Å²) in [5.41, 5.74) is 0.891. The average molecular weight is 421 g/mol. The van der Waals surface area contributed by atoms with Crippen molar-refractivity contribution in [3.8, 4) is 11.5 Å². The molecule has 4 aromatic rings. The van der Waals surface area contributed by atoms with Crippen molar-refractivity contribution in [1.29, 1.82) is 0 Å². The highest BCUT2D eigenvalue weighted by Crippen LogP contribution is 2.25. The molecule has 2 heterocycles. The van der Waals surface area contributed by atoms with Crippen LogP contribution in [0.2, 0.25) is 0 Å². The van der Waals surface area contributed by atoms with E-state index >= 15 is 0 Å². The van der Waals surface area contributed by atoms with Crippen molar-refractivity contribution < 1.29 is 14.3 Å². The Morgan fingerprint density at radius 2 is 1.87 bits per heavy atom. The van der Waals surface area contributed by atoms with Crippen molar-refractivity contribution >= 4 is 27.9 Å². The lowest BCUT2D eigenvalue weighted by Crippen LogP contribution is -2.20. The van der Waals surface area contributed by atoms with Gasteiger partial charge in [0, 0.05) is 17.1 Å². The predicted octanol–water partition coefficient (Wildman–Crippen LogP) is 3.66. The number of hydrogen-bond acceptors (Lipinski definition) is 6. The molecule has 0 radical (unpaired) electrons. The highest BCUT2D eigenvalue weighted by Gasteiger charge is 2.10. The zero-order valence-electron chi connectivity index (χ0n) is 16.2. The first-order valence-corrected chi connectivity index (χ1v) is 10.1. The fourth-order valence-corrected chi connectivity index (χ4v) is 3.68. The molecule has 4 rings (SSSR count).